The first-order valence-corrected chi connectivity index (χ1v) is 8.45. The zero-order valence-corrected chi connectivity index (χ0v) is 13.5. The molecule has 0 radical (unpaired) electrons. The Balaban J connectivity index is 1.81. The molecule has 0 spiro atoms. The Labute approximate surface area is 134 Å². The molecule has 2 aromatic carbocycles. The van der Waals surface area contributed by atoms with Gasteiger partial charge in [0.05, 0.1) is 0 Å². The second-order valence-corrected chi connectivity index (χ2v) is 6.18. The number of hydrogen-bond donors (Lipinski definition) is 0. The van der Waals surface area contributed by atoms with Crippen LogP contribution in [0.25, 0.3) is 0 Å². The first-order chi connectivity index (χ1) is 10.8. The minimum atomic E-state index is 0.402. The molecule has 3 rings (SSSR count). The highest BCUT2D eigenvalue weighted by Crippen LogP contribution is 2.26. The second-order valence-electron chi connectivity index (χ2n) is 6.18. The number of hydrazine groups is 1. The van der Waals surface area contributed by atoms with Crippen LogP contribution in [0.1, 0.15) is 43.4 Å². The third-order valence-electron chi connectivity index (χ3n) is 4.61. The van der Waals surface area contributed by atoms with Gasteiger partial charge in [0.1, 0.15) is 0 Å². The van der Waals surface area contributed by atoms with E-state index in [2.05, 4.69) is 77.6 Å². The monoisotopic (exact) mass is 294 g/mol. The molecule has 0 aliphatic carbocycles. The first kappa shape index (κ1) is 15.3. The van der Waals surface area contributed by atoms with Gasteiger partial charge in [-0.25, -0.2) is 10.0 Å². The van der Waals surface area contributed by atoms with Gasteiger partial charge >= 0.3 is 0 Å². The summed E-state index contributed by atoms with van der Waals surface area (Å²) in [5, 5.41) is 5.12. The van der Waals surface area contributed by atoms with Crippen molar-refractivity contribution in [2.45, 2.75) is 38.8 Å². The molecule has 1 heterocycles. The molecule has 1 unspecified atom stereocenters. The minimum absolute atomic E-state index is 0.402. The average molecular weight is 294 g/mol. The first-order valence-electron chi connectivity index (χ1n) is 8.45. The Bertz CT molecular complexity index is 546. The van der Waals surface area contributed by atoms with E-state index in [0.29, 0.717) is 6.04 Å². The molecular weight excluding hydrogens is 268 g/mol. The standard InChI is InChI=1S/C20H26N2/c1-18(20-13-7-3-8-14-20)22(21-15-9-4-10-16-21)17-19-11-5-2-6-12-19/h2-3,5-8,11-14,18H,4,9-10,15-17H2,1H3. The summed E-state index contributed by atoms with van der Waals surface area (Å²) < 4.78 is 0. The minimum Gasteiger partial charge on any atom is -0.241 e. The summed E-state index contributed by atoms with van der Waals surface area (Å²) in [5.41, 5.74) is 2.78. The van der Waals surface area contributed by atoms with Crippen molar-refractivity contribution >= 4 is 0 Å². The topological polar surface area (TPSA) is 6.48 Å². The lowest BCUT2D eigenvalue weighted by Crippen LogP contribution is -2.46. The largest absolute Gasteiger partial charge is 0.241 e. The Morgan fingerprint density at radius 1 is 0.864 bits per heavy atom. The number of hydrogen-bond acceptors (Lipinski definition) is 2. The third kappa shape index (κ3) is 3.76. The van der Waals surface area contributed by atoms with Gasteiger partial charge in [-0.3, -0.25) is 0 Å². The van der Waals surface area contributed by atoms with Crippen LogP contribution in [0.15, 0.2) is 60.7 Å². The quantitative estimate of drug-likeness (QED) is 0.792. The molecule has 2 aromatic rings. The van der Waals surface area contributed by atoms with Crippen LogP contribution >= 0.6 is 0 Å². The highest BCUT2D eigenvalue weighted by Gasteiger charge is 2.24. The maximum Gasteiger partial charge on any atom is 0.0470 e. The lowest BCUT2D eigenvalue weighted by atomic mass is 10.1. The summed E-state index contributed by atoms with van der Waals surface area (Å²) in [7, 11) is 0. The smallest absolute Gasteiger partial charge is 0.0470 e. The molecule has 1 aliphatic rings. The van der Waals surface area contributed by atoms with E-state index in [-0.39, 0.29) is 0 Å². The molecule has 0 bridgehead atoms. The van der Waals surface area contributed by atoms with Gasteiger partial charge in [0, 0.05) is 25.7 Å². The van der Waals surface area contributed by atoms with Crippen molar-refractivity contribution in [1.29, 1.82) is 0 Å². The molecular formula is C20H26N2. The third-order valence-corrected chi connectivity index (χ3v) is 4.61. The summed E-state index contributed by atoms with van der Waals surface area (Å²) in [5.74, 6) is 0. The highest BCUT2D eigenvalue weighted by atomic mass is 15.6. The maximum absolute atomic E-state index is 2.56. The number of benzene rings is 2. The molecule has 1 aliphatic heterocycles. The van der Waals surface area contributed by atoms with Crippen LogP contribution in [-0.4, -0.2) is 23.1 Å². The summed E-state index contributed by atoms with van der Waals surface area (Å²) in [6.07, 6.45) is 4.00. The molecule has 2 heteroatoms. The van der Waals surface area contributed by atoms with Crippen molar-refractivity contribution in [3.05, 3.63) is 71.8 Å². The molecule has 0 N–H and O–H groups in total. The summed E-state index contributed by atoms with van der Waals surface area (Å²) in [6.45, 7) is 5.68. The molecule has 0 saturated carbocycles. The van der Waals surface area contributed by atoms with E-state index in [4.69, 9.17) is 0 Å². The van der Waals surface area contributed by atoms with Crippen molar-refractivity contribution < 1.29 is 0 Å². The molecule has 1 saturated heterocycles. The fraction of sp³-hybridized carbons (Fsp3) is 0.400. The Morgan fingerprint density at radius 3 is 2.09 bits per heavy atom. The van der Waals surface area contributed by atoms with Gasteiger partial charge < -0.3 is 0 Å². The van der Waals surface area contributed by atoms with Crippen molar-refractivity contribution in [2.24, 2.45) is 0 Å². The van der Waals surface area contributed by atoms with E-state index < -0.39 is 0 Å². The van der Waals surface area contributed by atoms with Crippen LogP contribution in [0.4, 0.5) is 0 Å². The van der Waals surface area contributed by atoms with E-state index >= 15 is 0 Å². The fourth-order valence-corrected chi connectivity index (χ4v) is 3.29. The lowest BCUT2D eigenvalue weighted by Gasteiger charge is -2.41. The fourth-order valence-electron chi connectivity index (χ4n) is 3.29. The predicted molar refractivity (Wildman–Crippen MR) is 92.3 cm³/mol. The maximum atomic E-state index is 2.56. The zero-order valence-electron chi connectivity index (χ0n) is 13.5. The SMILES string of the molecule is CC(c1ccccc1)N(Cc1ccccc1)N1CCCCC1. The molecule has 1 atom stereocenters. The lowest BCUT2D eigenvalue weighted by molar-refractivity contribution is -0.0771. The van der Waals surface area contributed by atoms with Gasteiger partial charge in [-0.2, -0.15) is 0 Å². The molecule has 22 heavy (non-hydrogen) atoms. The number of nitrogens with zero attached hydrogens (tertiary/aromatic N) is 2. The van der Waals surface area contributed by atoms with Crippen molar-refractivity contribution in [3.8, 4) is 0 Å². The molecule has 0 aromatic heterocycles. The van der Waals surface area contributed by atoms with Crippen LogP contribution in [0.2, 0.25) is 0 Å². The Kier molecular flexibility index (Phi) is 5.25. The van der Waals surface area contributed by atoms with Gasteiger partial charge in [-0.1, -0.05) is 67.1 Å². The molecule has 0 amide bonds. The van der Waals surface area contributed by atoms with Gasteiger partial charge in [-0.05, 0) is 30.9 Å². The van der Waals surface area contributed by atoms with E-state index in [1.165, 1.54) is 43.5 Å². The number of piperidine rings is 1. The van der Waals surface area contributed by atoms with Crippen LogP contribution in [0, 0.1) is 0 Å². The van der Waals surface area contributed by atoms with Crippen LogP contribution in [0.3, 0.4) is 0 Å². The van der Waals surface area contributed by atoms with E-state index in [0.717, 1.165) is 6.54 Å². The summed E-state index contributed by atoms with van der Waals surface area (Å²) in [6, 6.07) is 22.1. The van der Waals surface area contributed by atoms with Crippen molar-refractivity contribution in [1.82, 2.24) is 10.0 Å². The van der Waals surface area contributed by atoms with Crippen molar-refractivity contribution in [3.63, 3.8) is 0 Å². The summed E-state index contributed by atoms with van der Waals surface area (Å²) >= 11 is 0. The molecule has 116 valence electrons. The van der Waals surface area contributed by atoms with Crippen LogP contribution < -0.4 is 0 Å². The summed E-state index contributed by atoms with van der Waals surface area (Å²) in [4.78, 5) is 0. The normalized spacial score (nSPS) is 17.5. The van der Waals surface area contributed by atoms with E-state index in [1.807, 2.05) is 0 Å². The van der Waals surface area contributed by atoms with Gasteiger partial charge in [0.15, 0.2) is 0 Å². The van der Waals surface area contributed by atoms with Gasteiger partial charge in [0.2, 0.25) is 0 Å². The highest BCUT2D eigenvalue weighted by molar-refractivity contribution is 5.19. The van der Waals surface area contributed by atoms with Gasteiger partial charge in [0.25, 0.3) is 0 Å². The number of rotatable bonds is 5. The van der Waals surface area contributed by atoms with Crippen molar-refractivity contribution in [2.75, 3.05) is 13.1 Å². The molecule has 2 nitrogen and oxygen atoms in total. The zero-order chi connectivity index (χ0) is 15.2. The molecule has 1 fully saturated rings. The van der Waals surface area contributed by atoms with Crippen LogP contribution in [-0.2, 0) is 6.54 Å². The predicted octanol–water partition coefficient (Wildman–Crippen LogP) is 4.65. The Morgan fingerprint density at radius 2 is 1.45 bits per heavy atom. The van der Waals surface area contributed by atoms with E-state index in [9.17, 15) is 0 Å². The van der Waals surface area contributed by atoms with Gasteiger partial charge in [-0.15, -0.1) is 0 Å². The Hall–Kier alpha value is -1.64. The van der Waals surface area contributed by atoms with Crippen LogP contribution in [0.5, 0.6) is 0 Å². The van der Waals surface area contributed by atoms with E-state index in [1.54, 1.807) is 0 Å². The second kappa shape index (κ2) is 7.57. The average Bonchev–Trinajstić information content (AvgIpc) is 2.61.